The molecule has 0 aromatic carbocycles. The quantitative estimate of drug-likeness (QED) is 0.825. The first-order valence-corrected chi connectivity index (χ1v) is 6.74. The van der Waals surface area contributed by atoms with Crippen LogP contribution in [0, 0.1) is 5.92 Å². The molecule has 0 unspecified atom stereocenters. The Kier molecular flexibility index (Phi) is 4.20. The zero-order valence-corrected chi connectivity index (χ0v) is 11.4. The molecule has 2 aromatic rings. The fourth-order valence-corrected chi connectivity index (χ4v) is 2.19. The summed E-state index contributed by atoms with van der Waals surface area (Å²) in [4.78, 5) is 11.2. The van der Waals surface area contributed by atoms with Crippen LogP contribution >= 0.6 is 11.8 Å². The van der Waals surface area contributed by atoms with Gasteiger partial charge in [0.1, 0.15) is 12.0 Å². The van der Waals surface area contributed by atoms with Gasteiger partial charge >= 0.3 is 0 Å². The summed E-state index contributed by atoms with van der Waals surface area (Å²) < 4.78 is 6.83. The van der Waals surface area contributed by atoms with E-state index >= 15 is 0 Å². The van der Waals surface area contributed by atoms with E-state index in [0.29, 0.717) is 22.6 Å². The van der Waals surface area contributed by atoms with E-state index < -0.39 is 11.2 Å². The zero-order valence-electron chi connectivity index (χ0n) is 10.6. The molecular weight excluding hydrogens is 268 g/mol. The van der Waals surface area contributed by atoms with Gasteiger partial charge in [0.2, 0.25) is 10.6 Å². The van der Waals surface area contributed by atoms with E-state index in [1.807, 2.05) is 0 Å². The molecule has 0 saturated heterocycles. The van der Waals surface area contributed by atoms with Gasteiger partial charge in [-0.15, -0.1) is 5.10 Å². The number of thioether (sulfide) groups is 1. The predicted octanol–water partition coefficient (Wildman–Crippen LogP) is 1.28. The number of nitrogens with zero attached hydrogens (tertiary/aromatic N) is 4. The average Bonchev–Trinajstić information content (AvgIpc) is 2.77. The van der Waals surface area contributed by atoms with E-state index in [1.54, 1.807) is 4.68 Å². The maximum absolute atomic E-state index is 11.2. The first-order chi connectivity index (χ1) is 9.06. The van der Waals surface area contributed by atoms with E-state index in [0.717, 1.165) is 12.8 Å². The van der Waals surface area contributed by atoms with Crippen molar-refractivity contribution in [1.82, 2.24) is 20.2 Å². The Labute approximate surface area is 113 Å². The zero-order chi connectivity index (χ0) is 13.8. The molecule has 0 radical (unpaired) electrons. The molecule has 8 heteroatoms. The lowest BCUT2D eigenvalue weighted by molar-refractivity contribution is 0.418. The molecule has 0 spiro atoms. The van der Waals surface area contributed by atoms with Gasteiger partial charge in [-0.3, -0.25) is 4.79 Å². The minimum absolute atomic E-state index is 0.390. The molecule has 2 rings (SSSR count). The summed E-state index contributed by atoms with van der Waals surface area (Å²) >= 11 is 1.38. The molecule has 0 fully saturated rings. The van der Waals surface area contributed by atoms with Crippen molar-refractivity contribution < 1.29 is 9.52 Å². The van der Waals surface area contributed by atoms with Gasteiger partial charge < -0.3 is 9.52 Å². The highest BCUT2D eigenvalue weighted by atomic mass is 32.2. The van der Waals surface area contributed by atoms with Gasteiger partial charge in [0.15, 0.2) is 5.75 Å². The number of tetrazole rings is 1. The van der Waals surface area contributed by atoms with Crippen molar-refractivity contribution >= 4 is 11.8 Å². The molecule has 19 heavy (non-hydrogen) atoms. The largest absolute Gasteiger partial charge is 0.502 e. The van der Waals surface area contributed by atoms with Crippen molar-refractivity contribution in [2.24, 2.45) is 5.92 Å². The molecule has 0 bridgehead atoms. The van der Waals surface area contributed by atoms with E-state index in [9.17, 15) is 4.79 Å². The van der Waals surface area contributed by atoms with Crippen LogP contribution in [0.15, 0.2) is 26.7 Å². The molecule has 7 nitrogen and oxygen atoms in total. The third-order valence-electron chi connectivity index (χ3n) is 2.25. The van der Waals surface area contributed by atoms with Crippen LogP contribution in [0.1, 0.15) is 19.6 Å². The summed E-state index contributed by atoms with van der Waals surface area (Å²) in [6.07, 6.45) is 1.04. The molecule has 1 N–H and O–H groups in total. The van der Waals surface area contributed by atoms with Crippen molar-refractivity contribution in [2.75, 3.05) is 0 Å². The Morgan fingerprint density at radius 2 is 2.32 bits per heavy atom. The molecule has 0 saturated carbocycles. The Morgan fingerprint density at radius 3 is 3.00 bits per heavy atom. The van der Waals surface area contributed by atoms with Crippen molar-refractivity contribution in [3.63, 3.8) is 0 Å². The standard InChI is InChI=1S/C11H14N4O3S/c1-7(2)4-15-11(12-13-14-15)19-6-8-3-9(16)10(17)5-18-8/h3,5,7,17H,4,6H2,1-2H3. The number of aromatic nitrogens is 4. The van der Waals surface area contributed by atoms with Crippen LogP contribution in [0.25, 0.3) is 0 Å². The predicted molar refractivity (Wildman–Crippen MR) is 68.9 cm³/mol. The fraction of sp³-hybridized carbons (Fsp3) is 0.455. The summed E-state index contributed by atoms with van der Waals surface area (Å²) in [5, 5.41) is 21.2. The number of hydrogen-bond donors (Lipinski definition) is 1. The molecule has 0 atom stereocenters. The van der Waals surface area contributed by atoms with Crippen molar-refractivity contribution in [3.8, 4) is 5.75 Å². The van der Waals surface area contributed by atoms with Crippen LogP contribution in [-0.2, 0) is 12.3 Å². The second kappa shape index (κ2) is 5.87. The van der Waals surface area contributed by atoms with Gasteiger partial charge in [-0.25, -0.2) is 4.68 Å². The number of rotatable bonds is 5. The molecule has 0 aliphatic rings. The molecule has 102 valence electrons. The lowest BCUT2D eigenvalue weighted by Gasteiger charge is -2.06. The molecule has 2 heterocycles. The summed E-state index contributed by atoms with van der Waals surface area (Å²) in [5.41, 5.74) is -0.455. The van der Waals surface area contributed by atoms with Gasteiger partial charge in [-0.1, -0.05) is 25.6 Å². The normalized spacial score (nSPS) is 11.1. The number of aromatic hydroxyl groups is 1. The van der Waals surface area contributed by atoms with Gasteiger partial charge in [0.05, 0.1) is 5.75 Å². The topological polar surface area (TPSA) is 94.0 Å². The molecule has 0 aliphatic heterocycles. The van der Waals surface area contributed by atoms with Crippen LogP contribution in [0.4, 0.5) is 0 Å². The number of hydrogen-bond acceptors (Lipinski definition) is 7. The smallest absolute Gasteiger partial charge is 0.226 e. The highest BCUT2D eigenvalue weighted by Crippen LogP contribution is 2.20. The summed E-state index contributed by atoms with van der Waals surface area (Å²) in [7, 11) is 0. The van der Waals surface area contributed by atoms with E-state index in [-0.39, 0.29) is 0 Å². The maximum Gasteiger partial charge on any atom is 0.226 e. The van der Waals surface area contributed by atoms with Crippen LogP contribution in [0.2, 0.25) is 0 Å². The lowest BCUT2D eigenvalue weighted by Crippen LogP contribution is -2.07. The molecule has 2 aromatic heterocycles. The monoisotopic (exact) mass is 282 g/mol. The van der Waals surface area contributed by atoms with E-state index in [1.165, 1.54) is 17.8 Å². The fourth-order valence-electron chi connectivity index (χ4n) is 1.42. The third kappa shape index (κ3) is 3.57. The van der Waals surface area contributed by atoms with Crippen LogP contribution in [0.5, 0.6) is 5.75 Å². The van der Waals surface area contributed by atoms with Gasteiger partial charge in [0.25, 0.3) is 0 Å². The average molecular weight is 282 g/mol. The lowest BCUT2D eigenvalue weighted by atomic mass is 10.2. The Balaban J connectivity index is 2.04. The molecule has 0 amide bonds. The SMILES string of the molecule is CC(C)Cn1nnnc1SCc1cc(=O)c(O)co1. The van der Waals surface area contributed by atoms with Gasteiger partial charge in [-0.2, -0.15) is 0 Å². The first kappa shape index (κ1) is 13.6. The van der Waals surface area contributed by atoms with E-state index in [2.05, 4.69) is 29.4 Å². The Hall–Kier alpha value is -1.83. The van der Waals surface area contributed by atoms with Crippen molar-refractivity contribution in [2.45, 2.75) is 31.3 Å². The van der Waals surface area contributed by atoms with Crippen LogP contribution in [0.3, 0.4) is 0 Å². The van der Waals surface area contributed by atoms with Gasteiger partial charge in [0, 0.05) is 12.6 Å². The highest BCUT2D eigenvalue weighted by molar-refractivity contribution is 7.98. The van der Waals surface area contributed by atoms with Crippen molar-refractivity contribution in [3.05, 3.63) is 28.3 Å². The van der Waals surface area contributed by atoms with Gasteiger partial charge in [-0.05, 0) is 16.3 Å². The maximum atomic E-state index is 11.2. The Morgan fingerprint density at radius 1 is 1.53 bits per heavy atom. The summed E-state index contributed by atoms with van der Waals surface area (Å²) in [6, 6.07) is 1.26. The first-order valence-electron chi connectivity index (χ1n) is 5.76. The molecule has 0 aliphatic carbocycles. The van der Waals surface area contributed by atoms with Crippen LogP contribution in [-0.4, -0.2) is 25.3 Å². The van der Waals surface area contributed by atoms with Crippen LogP contribution < -0.4 is 5.43 Å². The van der Waals surface area contributed by atoms with E-state index in [4.69, 9.17) is 9.52 Å². The third-order valence-corrected chi connectivity index (χ3v) is 3.23. The minimum atomic E-state index is -0.455. The van der Waals surface area contributed by atoms with Crippen molar-refractivity contribution in [1.29, 1.82) is 0 Å². The Bertz CT molecular complexity index is 608. The second-order valence-electron chi connectivity index (χ2n) is 4.42. The minimum Gasteiger partial charge on any atom is -0.502 e. The summed E-state index contributed by atoms with van der Waals surface area (Å²) in [5.74, 6) is 0.938. The highest BCUT2D eigenvalue weighted by Gasteiger charge is 2.10. The summed E-state index contributed by atoms with van der Waals surface area (Å²) in [6.45, 7) is 4.89. The molecular formula is C11H14N4O3S. The second-order valence-corrected chi connectivity index (χ2v) is 5.36.